The van der Waals surface area contributed by atoms with Gasteiger partial charge in [0.05, 0.1) is 6.54 Å². The molecule has 2 rings (SSSR count). The average Bonchev–Trinajstić information content (AvgIpc) is 2.81. The van der Waals surface area contributed by atoms with E-state index < -0.39 is 0 Å². The van der Waals surface area contributed by atoms with Gasteiger partial charge in [-0.25, -0.2) is 4.98 Å². The van der Waals surface area contributed by atoms with Gasteiger partial charge in [0.25, 0.3) is 0 Å². The third kappa shape index (κ3) is 2.29. The molecule has 3 heteroatoms. The Labute approximate surface area is 98.3 Å². The molecule has 1 fully saturated rings. The predicted octanol–water partition coefficient (Wildman–Crippen LogP) is 2.57. The van der Waals surface area contributed by atoms with Crippen LogP contribution < -0.4 is 5.32 Å². The molecule has 0 aromatic carbocycles. The first-order chi connectivity index (χ1) is 7.63. The van der Waals surface area contributed by atoms with E-state index in [4.69, 9.17) is 0 Å². The van der Waals surface area contributed by atoms with Crippen molar-refractivity contribution >= 4 is 0 Å². The first-order valence-electron chi connectivity index (χ1n) is 6.37. The summed E-state index contributed by atoms with van der Waals surface area (Å²) in [5, 5.41) is 3.67. The summed E-state index contributed by atoms with van der Waals surface area (Å²) in [6.45, 7) is 8.79. The van der Waals surface area contributed by atoms with E-state index in [2.05, 4.69) is 41.8 Å². The smallest absolute Gasteiger partial charge is 0.122 e. The van der Waals surface area contributed by atoms with Crippen LogP contribution in [0.25, 0.3) is 0 Å². The van der Waals surface area contributed by atoms with Crippen molar-refractivity contribution in [3.8, 4) is 0 Å². The normalized spacial score (nSPS) is 23.8. The van der Waals surface area contributed by atoms with Crippen LogP contribution in [-0.4, -0.2) is 15.6 Å². The molecule has 1 unspecified atom stereocenters. The third-order valence-electron chi connectivity index (χ3n) is 3.91. The van der Waals surface area contributed by atoms with Crippen LogP contribution in [0.15, 0.2) is 12.4 Å². The number of imidazole rings is 1. The van der Waals surface area contributed by atoms with Gasteiger partial charge in [-0.3, -0.25) is 0 Å². The highest BCUT2D eigenvalue weighted by Gasteiger charge is 2.33. The maximum atomic E-state index is 4.40. The second-order valence-corrected chi connectivity index (χ2v) is 5.44. The van der Waals surface area contributed by atoms with E-state index in [9.17, 15) is 0 Å². The van der Waals surface area contributed by atoms with Crippen molar-refractivity contribution in [2.24, 2.45) is 5.41 Å². The van der Waals surface area contributed by atoms with Crippen LogP contribution in [0.1, 0.15) is 45.9 Å². The highest BCUT2D eigenvalue weighted by atomic mass is 15.1. The summed E-state index contributed by atoms with van der Waals surface area (Å²) in [6, 6.07) is 0.648. The zero-order valence-corrected chi connectivity index (χ0v) is 10.7. The molecule has 90 valence electrons. The molecule has 1 aromatic rings. The zero-order chi connectivity index (χ0) is 11.6. The van der Waals surface area contributed by atoms with Gasteiger partial charge in [0, 0.05) is 25.0 Å². The van der Waals surface area contributed by atoms with E-state index in [0.29, 0.717) is 11.5 Å². The summed E-state index contributed by atoms with van der Waals surface area (Å²) in [7, 11) is 0. The number of hydrogen-bond acceptors (Lipinski definition) is 2. The van der Waals surface area contributed by atoms with Crippen molar-refractivity contribution < 1.29 is 0 Å². The summed E-state index contributed by atoms with van der Waals surface area (Å²) < 4.78 is 2.20. The number of rotatable bonds is 4. The van der Waals surface area contributed by atoms with Crippen LogP contribution in [0.3, 0.4) is 0 Å². The van der Waals surface area contributed by atoms with Crippen molar-refractivity contribution in [3.63, 3.8) is 0 Å². The maximum Gasteiger partial charge on any atom is 0.122 e. The van der Waals surface area contributed by atoms with Crippen molar-refractivity contribution in [3.05, 3.63) is 18.2 Å². The molecule has 1 heterocycles. The maximum absolute atomic E-state index is 4.40. The minimum Gasteiger partial charge on any atom is -0.334 e. The molecule has 3 nitrogen and oxygen atoms in total. The summed E-state index contributed by atoms with van der Waals surface area (Å²) in [6.07, 6.45) is 7.94. The van der Waals surface area contributed by atoms with Gasteiger partial charge < -0.3 is 9.88 Å². The number of nitrogens with zero attached hydrogens (tertiary/aromatic N) is 2. The van der Waals surface area contributed by atoms with E-state index in [1.165, 1.54) is 19.3 Å². The number of hydrogen-bond donors (Lipinski definition) is 1. The lowest BCUT2D eigenvalue weighted by Crippen LogP contribution is -2.37. The molecule has 1 aromatic heterocycles. The fourth-order valence-electron chi connectivity index (χ4n) is 2.71. The van der Waals surface area contributed by atoms with E-state index in [-0.39, 0.29) is 0 Å². The lowest BCUT2D eigenvalue weighted by molar-refractivity contribution is 0.280. The summed E-state index contributed by atoms with van der Waals surface area (Å²) in [4.78, 5) is 4.40. The Morgan fingerprint density at radius 2 is 2.38 bits per heavy atom. The summed E-state index contributed by atoms with van der Waals surface area (Å²) >= 11 is 0. The number of aryl methyl sites for hydroxylation is 1. The Kier molecular flexibility index (Phi) is 3.33. The molecule has 1 saturated carbocycles. The molecule has 16 heavy (non-hydrogen) atoms. The van der Waals surface area contributed by atoms with Gasteiger partial charge >= 0.3 is 0 Å². The van der Waals surface area contributed by atoms with Gasteiger partial charge in [-0.1, -0.05) is 20.3 Å². The standard InChI is InChI=1S/C13H23N3/c1-4-16-9-8-14-12(16)10-15-11-6-5-7-13(11,2)3/h8-9,11,15H,4-7,10H2,1-3H3. The minimum atomic E-state index is 0.448. The fourth-order valence-corrected chi connectivity index (χ4v) is 2.71. The Bertz CT molecular complexity index is 341. The van der Waals surface area contributed by atoms with Crippen molar-refractivity contribution in [1.82, 2.24) is 14.9 Å². The van der Waals surface area contributed by atoms with Crippen LogP contribution in [-0.2, 0) is 13.1 Å². The molecule has 0 saturated heterocycles. The zero-order valence-electron chi connectivity index (χ0n) is 10.7. The first kappa shape index (κ1) is 11.6. The van der Waals surface area contributed by atoms with Gasteiger partial charge in [-0.15, -0.1) is 0 Å². The Hall–Kier alpha value is -0.830. The second-order valence-electron chi connectivity index (χ2n) is 5.44. The molecule has 0 spiro atoms. The van der Waals surface area contributed by atoms with E-state index in [1.807, 2.05) is 6.20 Å². The Morgan fingerprint density at radius 1 is 1.56 bits per heavy atom. The van der Waals surface area contributed by atoms with Gasteiger partial charge in [0.15, 0.2) is 0 Å². The van der Waals surface area contributed by atoms with Crippen LogP contribution in [0.4, 0.5) is 0 Å². The van der Waals surface area contributed by atoms with Crippen LogP contribution in [0, 0.1) is 5.41 Å². The van der Waals surface area contributed by atoms with E-state index in [0.717, 1.165) is 18.9 Å². The Morgan fingerprint density at radius 3 is 3.00 bits per heavy atom. The molecular weight excluding hydrogens is 198 g/mol. The second kappa shape index (κ2) is 4.58. The SMILES string of the molecule is CCn1ccnc1CNC1CCCC1(C)C. The number of aromatic nitrogens is 2. The summed E-state index contributed by atoms with van der Waals surface area (Å²) in [5.74, 6) is 1.16. The molecule has 1 aliphatic rings. The van der Waals surface area contributed by atoms with Crippen molar-refractivity contribution in [2.45, 2.75) is 59.2 Å². The highest BCUT2D eigenvalue weighted by molar-refractivity contribution is 4.95. The largest absolute Gasteiger partial charge is 0.334 e. The number of nitrogens with one attached hydrogen (secondary N) is 1. The fraction of sp³-hybridized carbons (Fsp3) is 0.769. The van der Waals surface area contributed by atoms with Gasteiger partial charge in [-0.2, -0.15) is 0 Å². The molecule has 0 radical (unpaired) electrons. The van der Waals surface area contributed by atoms with Crippen LogP contribution in [0.5, 0.6) is 0 Å². The molecule has 0 aliphatic heterocycles. The van der Waals surface area contributed by atoms with Crippen LogP contribution >= 0.6 is 0 Å². The van der Waals surface area contributed by atoms with Crippen LogP contribution in [0.2, 0.25) is 0 Å². The average molecular weight is 221 g/mol. The lowest BCUT2D eigenvalue weighted by atomic mass is 9.87. The van der Waals surface area contributed by atoms with Crippen molar-refractivity contribution in [1.29, 1.82) is 0 Å². The van der Waals surface area contributed by atoms with Crippen molar-refractivity contribution in [2.75, 3.05) is 0 Å². The van der Waals surface area contributed by atoms with E-state index >= 15 is 0 Å². The Balaban J connectivity index is 1.92. The molecule has 0 amide bonds. The predicted molar refractivity (Wildman–Crippen MR) is 66.2 cm³/mol. The van der Waals surface area contributed by atoms with Gasteiger partial charge in [-0.05, 0) is 25.2 Å². The summed E-state index contributed by atoms with van der Waals surface area (Å²) in [5.41, 5.74) is 0.448. The van der Waals surface area contributed by atoms with Gasteiger partial charge in [0.1, 0.15) is 5.82 Å². The quantitative estimate of drug-likeness (QED) is 0.847. The molecule has 1 aliphatic carbocycles. The topological polar surface area (TPSA) is 29.9 Å². The molecular formula is C13H23N3. The third-order valence-corrected chi connectivity index (χ3v) is 3.91. The monoisotopic (exact) mass is 221 g/mol. The lowest BCUT2D eigenvalue weighted by Gasteiger charge is -2.27. The van der Waals surface area contributed by atoms with Gasteiger partial charge in [0.2, 0.25) is 0 Å². The highest BCUT2D eigenvalue weighted by Crippen LogP contribution is 2.37. The van der Waals surface area contributed by atoms with E-state index in [1.54, 1.807) is 0 Å². The molecule has 0 bridgehead atoms. The molecule has 1 N–H and O–H groups in total. The minimum absolute atomic E-state index is 0.448. The molecule has 1 atom stereocenters. The first-order valence-corrected chi connectivity index (χ1v) is 6.37.